The minimum Gasteiger partial charge on any atom is -0.341 e. The lowest BCUT2D eigenvalue weighted by Crippen LogP contribution is -2.39. The van der Waals surface area contributed by atoms with Crippen molar-refractivity contribution in [3.63, 3.8) is 0 Å². The van der Waals surface area contributed by atoms with Crippen molar-refractivity contribution in [1.82, 2.24) is 10.2 Å². The van der Waals surface area contributed by atoms with Gasteiger partial charge < -0.3 is 10.2 Å². The number of carbonyl (C=O) groups is 2. The fourth-order valence-electron chi connectivity index (χ4n) is 3.30. The standard InChI is InChI=1S/C21H25N3O2/c1-16(25)23-19-11-7-8-17(14-19)15-22-20(18-9-3-2-4-10-18)21(26)24-12-5-6-13-24/h2-4,7-11,14,20,22H,5-6,12-13,15H2,1H3,(H,23,25). The lowest BCUT2D eigenvalue weighted by molar-refractivity contribution is -0.132. The first-order valence-electron chi connectivity index (χ1n) is 9.07. The van der Waals surface area contributed by atoms with Gasteiger partial charge in [0.25, 0.3) is 0 Å². The Bertz CT molecular complexity index is 755. The van der Waals surface area contributed by atoms with Crippen LogP contribution in [0.4, 0.5) is 5.69 Å². The molecule has 136 valence electrons. The zero-order valence-corrected chi connectivity index (χ0v) is 15.1. The quantitative estimate of drug-likeness (QED) is 0.841. The Kier molecular flexibility index (Phi) is 6.02. The monoisotopic (exact) mass is 351 g/mol. The van der Waals surface area contributed by atoms with E-state index in [2.05, 4.69) is 10.6 Å². The molecule has 1 heterocycles. The maximum absolute atomic E-state index is 13.0. The number of nitrogens with zero attached hydrogens (tertiary/aromatic N) is 1. The van der Waals surface area contributed by atoms with Crippen LogP contribution in [0.3, 0.4) is 0 Å². The highest BCUT2D eigenvalue weighted by molar-refractivity contribution is 5.88. The largest absolute Gasteiger partial charge is 0.341 e. The van der Waals surface area contributed by atoms with Gasteiger partial charge in [0.05, 0.1) is 0 Å². The fraction of sp³-hybridized carbons (Fsp3) is 0.333. The average molecular weight is 351 g/mol. The molecule has 2 amide bonds. The van der Waals surface area contributed by atoms with E-state index in [1.54, 1.807) is 0 Å². The van der Waals surface area contributed by atoms with Gasteiger partial charge in [-0.05, 0) is 36.1 Å². The van der Waals surface area contributed by atoms with Gasteiger partial charge in [0, 0.05) is 32.2 Å². The van der Waals surface area contributed by atoms with Crippen molar-refractivity contribution < 1.29 is 9.59 Å². The molecule has 1 saturated heterocycles. The van der Waals surface area contributed by atoms with Crippen molar-refractivity contribution in [2.45, 2.75) is 32.4 Å². The van der Waals surface area contributed by atoms with Crippen molar-refractivity contribution in [3.8, 4) is 0 Å². The van der Waals surface area contributed by atoms with Crippen LogP contribution in [-0.4, -0.2) is 29.8 Å². The van der Waals surface area contributed by atoms with Crippen molar-refractivity contribution in [2.24, 2.45) is 0 Å². The molecule has 1 atom stereocenters. The van der Waals surface area contributed by atoms with Crippen molar-refractivity contribution >= 4 is 17.5 Å². The van der Waals surface area contributed by atoms with Crippen LogP contribution < -0.4 is 10.6 Å². The molecule has 3 rings (SSSR count). The number of nitrogens with one attached hydrogen (secondary N) is 2. The zero-order chi connectivity index (χ0) is 18.4. The molecule has 0 bridgehead atoms. The number of amides is 2. The highest BCUT2D eigenvalue weighted by Gasteiger charge is 2.27. The molecule has 0 spiro atoms. The van der Waals surface area contributed by atoms with E-state index in [-0.39, 0.29) is 17.9 Å². The van der Waals surface area contributed by atoms with E-state index < -0.39 is 0 Å². The van der Waals surface area contributed by atoms with Gasteiger partial charge >= 0.3 is 0 Å². The Labute approximate surface area is 154 Å². The minimum atomic E-state index is -0.362. The highest BCUT2D eigenvalue weighted by atomic mass is 16.2. The van der Waals surface area contributed by atoms with E-state index in [1.807, 2.05) is 59.5 Å². The third-order valence-electron chi connectivity index (χ3n) is 4.56. The molecule has 1 fully saturated rings. The molecule has 2 N–H and O–H groups in total. The lowest BCUT2D eigenvalue weighted by atomic mass is 10.0. The summed E-state index contributed by atoms with van der Waals surface area (Å²) in [5.74, 6) is 0.0354. The first-order valence-corrected chi connectivity index (χ1v) is 9.07. The number of anilines is 1. The van der Waals surface area contributed by atoms with Gasteiger partial charge in [-0.25, -0.2) is 0 Å². The van der Waals surface area contributed by atoms with Gasteiger partial charge in [-0.3, -0.25) is 14.9 Å². The summed E-state index contributed by atoms with van der Waals surface area (Å²) in [6, 6.07) is 17.2. The van der Waals surface area contributed by atoms with Crippen LogP contribution in [0.1, 0.15) is 36.9 Å². The molecule has 2 aromatic carbocycles. The van der Waals surface area contributed by atoms with Gasteiger partial charge in [-0.2, -0.15) is 0 Å². The van der Waals surface area contributed by atoms with Crippen LogP contribution in [0.25, 0.3) is 0 Å². The first-order chi connectivity index (χ1) is 12.6. The third-order valence-corrected chi connectivity index (χ3v) is 4.56. The number of rotatable bonds is 6. The molecule has 0 aromatic heterocycles. The zero-order valence-electron chi connectivity index (χ0n) is 15.1. The molecular weight excluding hydrogens is 326 g/mol. The Balaban J connectivity index is 1.73. The maximum atomic E-state index is 13.0. The summed E-state index contributed by atoms with van der Waals surface area (Å²) in [6.45, 7) is 3.71. The maximum Gasteiger partial charge on any atom is 0.244 e. The van der Waals surface area contributed by atoms with E-state index >= 15 is 0 Å². The molecule has 2 aromatic rings. The van der Waals surface area contributed by atoms with E-state index in [1.165, 1.54) is 6.92 Å². The summed E-state index contributed by atoms with van der Waals surface area (Å²) in [4.78, 5) is 26.2. The third kappa shape index (κ3) is 4.70. The number of hydrogen-bond acceptors (Lipinski definition) is 3. The minimum absolute atomic E-state index is 0.0958. The molecule has 1 aliphatic rings. The Morgan fingerprint density at radius 2 is 1.77 bits per heavy atom. The van der Waals surface area contributed by atoms with Gasteiger partial charge in [-0.15, -0.1) is 0 Å². The number of likely N-dealkylation sites (tertiary alicyclic amines) is 1. The van der Waals surface area contributed by atoms with E-state index in [4.69, 9.17) is 0 Å². The predicted octanol–water partition coefficient (Wildman–Crippen LogP) is 3.10. The molecule has 5 heteroatoms. The molecule has 0 saturated carbocycles. The molecule has 0 radical (unpaired) electrons. The Morgan fingerprint density at radius 1 is 1.04 bits per heavy atom. The van der Waals surface area contributed by atoms with Crippen LogP contribution in [-0.2, 0) is 16.1 Å². The van der Waals surface area contributed by atoms with Crippen LogP contribution >= 0.6 is 0 Å². The fourth-order valence-corrected chi connectivity index (χ4v) is 3.30. The number of carbonyl (C=O) groups excluding carboxylic acids is 2. The van der Waals surface area contributed by atoms with Crippen LogP contribution in [0, 0.1) is 0 Å². The van der Waals surface area contributed by atoms with Gasteiger partial charge in [0.2, 0.25) is 11.8 Å². The van der Waals surface area contributed by atoms with E-state index in [0.717, 1.165) is 42.7 Å². The van der Waals surface area contributed by atoms with Crippen molar-refractivity contribution in [1.29, 1.82) is 0 Å². The van der Waals surface area contributed by atoms with Gasteiger partial charge in [-0.1, -0.05) is 42.5 Å². The van der Waals surface area contributed by atoms with Crippen molar-refractivity contribution in [3.05, 3.63) is 65.7 Å². The second kappa shape index (κ2) is 8.63. The van der Waals surface area contributed by atoms with Crippen LogP contribution in [0.2, 0.25) is 0 Å². The number of benzene rings is 2. The average Bonchev–Trinajstić information content (AvgIpc) is 3.17. The summed E-state index contributed by atoms with van der Waals surface area (Å²) in [5.41, 5.74) is 2.76. The molecule has 26 heavy (non-hydrogen) atoms. The summed E-state index contributed by atoms with van der Waals surface area (Å²) in [6.07, 6.45) is 2.15. The number of hydrogen-bond donors (Lipinski definition) is 2. The lowest BCUT2D eigenvalue weighted by Gasteiger charge is -2.24. The smallest absolute Gasteiger partial charge is 0.244 e. The summed E-state index contributed by atoms with van der Waals surface area (Å²) in [7, 11) is 0. The Hall–Kier alpha value is -2.66. The normalized spacial score (nSPS) is 14.9. The van der Waals surface area contributed by atoms with E-state index in [0.29, 0.717) is 6.54 Å². The second-order valence-electron chi connectivity index (χ2n) is 6.64. The Morgan fingerprint density at radius 3 is 2.46 bits per heavy atom. The van der Waals surface area contributed by atoms with Crippen LogP contribution in [0.15, 0.2) is 54.6 Å². The summed E-state index contributed by atoms with van der Waals surface area (Å²) in [5, 5.41) is 6.20. The van der Waals surface area contributed by atoms with Crippen molar-refractivity contribution in [2.75, 3.05) is 18.4 Å². The van der Waals surface area contributed by atoms with E-state index in [9.17, 15) is 9.59 Å². The summed E-state index contributed by atoms with van der Waals surface area (Å²) < 4.78 is 0. The second-order valence-corrected chi connectivity index (χ2v) is 6.64. The summed E-state index contributed by atoms with van der Waals surface area (Å²) >= 11 is 0. The van der Waals surface area contributed by atoms with Gasteiger partial charge in [0.15, 0.2) is 0 Å². The first kappa shape index (κ1) is 18.1. The topological polar surface area (TPSA) is 61.4 Å². The van der Waals surface area contributed by atoms with Gasteiger partial charge in [0.1, 0.15) is 6.04 Å². The SMILES string of the molecule is CC(=O)Nc1cccc(CNC(C(=O)N2CCCC2)c2ccccc2)c1. The molecule has 1 unspecified atom stereocenters. The molecule has 1 aliphatic heterocycles. The molecule has 0 aliphatic carbocycles. The van der Waals surface area contributed by atoms with Crippen LogP contribution in [0.5, 0.6) is 0 Å². The predicted molar refractivity (Wildman–Crippen MR) is 103 cm³/mol. The molecular formula is C21H25N3O2. The highest BCUT2D eigenvalue weighted by Crippen LogP contribution is 2.20. The molecule has 5 nitrogen and oxygen atoms in total.